The van der Waals surface area contributed by atoms with Crippen LogP contribution in [-0.2, 0) is 25.9 Å². The number of aryl methyl sites for hydroxylation is 3. The van der Waals surface area contributed by atoms with Crippen molar-refractivity contribution < 1.29 is 4.79 Å². The van der Waals surface area contributed by atoms with Crippen molar-refractivity contribution in [3.05, 3.63) is 69.1 Å². The minimum Gasteiger partial charge on any atom is -0.345 e. The number of ketones is 1. The number of thiophene rings is 1. The monoisotopic (exact) mass is 453 g/mol. The molecule has 0 saturated carbocycles. The number of thioether (sulfide) groups is 1. The van der Waals surface area contributed by atoms with E-state index in [-0.39, 0.29) is 17.1 Å². The summed E-state index contributed by atoms with van der Waals surface area (Å²) in [5.74, 6) is 0.275. The van der Waals surface area contributed by atoms with Crippen molar-refractivity contribution in [1.82, 2.24) is 14.1 Å². The molecule has 3 heterocycles. The van der Waals surface area contributed by atoms with Gasteiger partial charge in [-0.2, -0.15) is 0 Å². The minimum absolute atomic E-state index is 0.0107. The van der Waals surface area contributed by atoms with Gasteiger partial charge in [0.2, 0.25) is 0 Å². The third kappa shape index (κ3) is 3.96. The molecule has 4 rings (SSSR count). The van der Waals surface area contributed by atoms with Crippen LogP contribution in [-0.4, -0.2) is 25.7 Å². The lowest BCUT2D eigenvalue weighted by molar-refractivity contribution is 0.102. The van der Waals surface area contributed by atoms with E-state index in [2.05, 4.69) is 17.7 Å². The highest BCUT2D eigenvalue weighted by Gasteiger charge is 2.23. The highest BCUT2D eigenvalue weighted by atomic mass is 32.2. The summed E-state index contributed by atoms with van der Waals surface area (Å²) < 4.78 is 3.74. The highest BCUT2D eigenvalue weighted by molar-refractivity contribution is 7.99. The Morgan fingerprint density at radius 3 is 2.65 bits per heavy atom. The molecule has 0 unspecified atom stereocenters. The van der Waals surface area contributed by atoms with Crippen molar-refractivity contribution in [2.45, 2.75) is 57.8 Å². The van der Waals surface area contributed by atoms with Gasteiger partial charge in [0.1, 0.15) is 4.83 Å². The van der Waals surface area contributed by atoms with Crippen LogP contribution in [0.25, 0.3) is 10.2 Å². The van der Waals surface area contributed by atoms with Gasteiger partial charge in [-0.15, -0.1) is 24.5 Å². The van der Waals surface area contributed by atoms with Crippen LogP contribution < -0.4 is 5.56 Å². The van der Waals surface area contributed by atoms with Crippen molar-refractivity contribution in [1.29, 1.82) is 0 Å². The van der Waals surface area contributed by atoms with E-state index in [0.29, 0.717) is 18.2 Å². The van der Waals surface area contributed by atoms with Gasteiger partial charge in [0.15, 0.2) is 10.9 Å². The van der Waals surface area contributed by atoms with Gasteiger partial charge >= 0.3 is 0 Å². The fraction of sp³-hybridized carbons (Fsp3) is 0.375. The van der Waals surface area contributed by atoms with E-state index in [1.807, 2.05) is 26.0 Å². The molecular weight excluding hydrogens is 426 g/mol. The summed E-state index contributed by atoms with van der Waals surface area (Å²) >= 11 is 2.97. The molecule has 162 valence electrons. The Balaban J connectivity index is 1.67. The van der Waals surface area contributed by atoms with E-state index >= 15 is 0 Å². The molecule has 1 aliphatic rings. The lowest BCUT2D eigenvalue weighted by Gasteiger charge is -2.12. The molecule has 0 aromatic carbocycles. The lowest BCUT2D eigenvalue weighted by Crippen LogP contribution is -2.23. The van der Waals surface area contributed by atoms with Crippen LogP contribution in [0.5, 0.6) is 0 Å². The second kappa shape index (κ2) is 9.01. The Kier molecular flexibility index (Phi) is 6.34. The summed E-state index contributed by atoms with van der Waals surface area (Å²) in [5, 5.41) is 1.36. The van der Waals surface area contributed by atoms with Crippen LogP contribution in [0.2, 0.25) is 0 Å². The first-order valence-electron chi connectivity index (χ1n) is 10.6. The van der Waals surface area contributed by atoms with E-state index < -0.39 is 0 Å². The summed E-state index contributed by atoms with van der Waals surface area (Å²) in [4.78, 5) is 33.2. The summed E-state index contributed by atoms with van der Waals surface area (Å²) in [6.45, 7) is 12.6. The van der Waals surface area contributed by atoms with Crippen LogP contribution in [0.4, 0.5) is 0 Å². The summed E-state index contributed by atoms with van der Waals surface area (Å²) in [5.41, 5.74) is 3.88. The molecule has 0 fully saturated rings. The first-order chi connectivity index (χ1) is 15.0. The third-order valence-corrected chi connectivity index (χ3v) is 8.03. The zero-order chi connectivity index (χ0) is 22.1. The Hall–Kier alpha value is -2.38. The molecule has 5 nitrogen and oxygen atoms in total. The average molecular weight is 454 g/mol. The summed E-state index contributed by atoms with van der Waals surface area (Å²) in [7, 11) is 0. The number of allylic oxidation sites excluding steroid dienone is 2. The van der Waals surface area contributed by atoms with Gasteiger partial charge < -0.3 is 4.57 Å². The maximum absolute atomic E-state index is 13.3. The van der Waals surface area contributed by atoms with Gasteiger partial charge in [0, 0.05) is 34.9 Å². The van der Waals surface area contributed by atoms with Crippen molar-refractivity contribution in [3.8, 4) is 0 Å². The largest absolute Gasteiger partial charge is 0.345 e. The van der Waals surface area contributed by atoms with Gasteiger partial charge in [0.05, 0.1) is 11.1 Å². The molecule has 3 aromatic rings. The van der Waals surface area contributed by atoms with Crippen molar-refractivity contribution >= 4 is 39.1 Å². The van der Waals surface area contributed by atoms with E-state index in [1.54, 1.807) is 22.0 Å². The molecule has 0 N–H and O–H groups in total. The smallest absolute Gasteiger partial charge is 0.263 e. The van der Waals surface area contributed by atoms with E-state index in [4.69, 9.17) is 4.98 Å². The second-order valence-corrected chi connectivity index (χ2v) is 9.91. The van der Waals surface area contributed by atoms with Gasteiger partial charge in [-0.3, -0.25) is 14.2 Å². The number of nitrogens with zero attached hydrogens (tertiary/aromatic N) is 3. The normalized spacial score (nSPS) is 13.4. The molecule has 0 atom stereocenters. The van der Waals surface area contributed by atoms with Crippen LogP contribution in [0, 0.1) is 13.8 Å². The topological polar surface area (TPSA) is 56.9 Å². The molecule has 31 heavy (non-hydrogen) atoms. The molecular formula is C24H27N3O2S2. The van der Waals surface area contributed by atoms with Gasteiger partial charge in [-0.05, 0) is 51.2 Å². The molecule has 0 amide bonds. The maximum Gasteiger partial charge on any atom is 0.263 e. The van der Waals surface area contributed by atoms with Crippen LogP contribution in [0.15, 0.2) is 41.3 Å². The van der Waals surface area contributed by atoms with Crippen molar-refractivity contribution in [2.24, 2.45) is 0 Å². The highest BCUT2D eigenvalue weighted by Crippen LogP contribution is 2.34. The number of carbonyl (C=O) groups is 1. The molecule has 0 bridgehead atoms. The van der Waals surface area contributed by atoms with E-state index in [0.717, 1.165) is 46.4 Å². The Labute approximate surface area is 190 Å². The number of carbonyl (C=O) groups excluding carboxylic acids is 1. The van der Waals surface area contributed by atoms with Crippen LogP contribution >= 0.6 is 23.1 Å². The van der Waals surface area contributed by atoms with Crippen LogP contribution in [0.1, 0.15) is 45.0 Å². The number of fused-ring (bicyclic) bond motifs is 3. The average Bonchev–Trinajstić information content (AvgIpc) is 3.27. The first-order valence-corrected chi connectivity index (χ1v) is 12.4. The Morgan fingerprint density at radius 2 is 1.90 bits per heavy atom. The first kappa shape index (κ1) is 21.8. The standard InChI is InChI=1S/C24H27N3O2S2/c1-5-11-26-15(3)13-18(16(26)4)19(28)14-30-24-25-22-21(23(29)27(24)12-6-2)17-9-7-8-10-20(17)31-22/h5-6,13H,1-2,7-12,14H2,3-4H3. The Bertz CT molecular complexity index is 1250. The number of hydrogen-bond acceptors (Lipinski definition) is 5. The number of hydrogen-bond donors (Lipinski definition) is 0. The summed E-state index contributed by atoms with van der Waals surface area (Å²) in [6, 6.07) is 1.93. The van der Waals surface area contributed by atoms with Gasteiger partial charge in [0.25, 0.3) is 5.56 Å². The number of Topliss-reactive ketones (excluding diaryl/α,β-unsaturated/α-hetero) is 1. The quantitative estimate of drug-likeness (QED) is 0.206. The minimum atomic E-state index is -0.0107. The molecule has 3 aromatic heterocycles. The summed E-state index contributed by atoms with van der Waals surface area (Å²) in [6.07, 6.45) is 7.81. The Morgan fingerprint density at radius 1 is 1.19 bits per heavy atom. The zero-order valence-electron chi connectivity index (χ0n) is 18.1. The van der Waals surface area contributed by atoms with E-state index in [9.17, 15) is 9.59 Å². The van der Waals surface area contributed by atoms with E-state index in [1.165, 1.54) is 28.6 Å². The van der Waals surface area contributed by atoms with Crippen molar-refractivity contribution in [3.63, 3.8) is 0 Å². The third-order valence-electron chi connectivity index (χ3n) is 5.87. The second-order valence-electron chi connectivity index (χ2n) is 7.89. The molecule has 0 aliphatic heterocycles. The SMILES string of the molecule is C=CCn1c(C)cc(C(=O)CSc2nc3sc4c(c3c(=O)n2CC=C)CCCC4)c1C. The molecule has 0 spiro atoms. The number of aromatic nitrogens is 3. The van der Waals surface area contributed by atoms with Gasteiger partial charge in [-0.1, -0.05) is 23.9 Å². The van der Waals surface area contributed by atoms with Crippen molar-refractivity contribution in [2.75, 3.05) is 5.75 Å². The van der Waals surface area contributed by atoms with Crippen LogP contribution in [0.3, 0.4) is 0 Å². The number of rotatable bonds is 8. The molecule has 0 saturated heterocycles. The molecule has 1 aliphatic carbocycles. The predicted octanol–water partition coefficient (Wildman–Crippen LogP) is 5.10. The lowest BCUT2D eigenvalue weighted by atomic mass is 9.97. The fourth-order valence-electron chi connectivity index (χ4n) is 4.32. The fourth-order valence-corrected chi connectivity index (χ4v) is 6.52. The molecule has 0 radical (unpaired) electrons. The zero-order valence-corrected chi connectivity index (χ0v) is 19.7. The van der Waals surface area contributed by atoms with Gasteiger partial charge in [-0.25, -0.2) is 4.98 Å². The maximum atomic E-state index is 13.3. The molecule has 7 heteroatoms. The predicted molar refractivity (Wildman–Crippen MR) is 130 cm³/mol.